The Balaban J connectivity index is 2.51. The molecule has 2 nitrogen and oxygen atoms in total. The molecule has 1 unspecified atom stereocenters. The third kappa shape index (κ3) is 2.88. The first kappa shape index (κ1) is 11.3. The van der Waals surface area contributed by atoms with Crippen LogP contribution in [0.4, 0.5) is 0 Å². The molecule has 0 saturated carbocycles. The van der Waals surface area contributed by atoms with E-state index < -0.39 is 0 Å². The van der Waals surface area contributed by atoms with Crippen LogP contribution in [0.2, 0.25) is 0 Å². The van der Waals surface area contributed by atoms with Crippen molar-refractivity contribution in [3.63, 3.8) is 0 Å². The largest absolute Gasteiger partial charge is 0.468 e. The summed E-state index contributed by atoms with van der Waals surface area (Å²) in [6, 6.07) is 4.82. The van der Waals surface area contributed by atoms with Gasteiger partial charge in [0.15, 0.2) is 0 Å². The predicted octanol–water partition coefficient (Wildman–Crippen LogP) is 3.36. The van der Waals surface area contributed by atoms with Gasteiger partial charge in [0.1, 0.15) is 5.76 Å². The summed E-state index contributed by atoms with van der Waals surface area (Å²) < 4.78 is 5.36. The lowest BCUT2D eigenvalue weighted by atomic mass is 10.0. The van der Waals surface area contributed by atoms with Gasteiger partial charge in [0, 0.05) is 6.04 Å². The molecule has 14 heavy (non-hydrogen) atoms. The van der Waals surface area contributed by atoms with E-state index in [9.17, 15) is 0 Å². The van der Waals surface area contributed by atoms with Crippen LogP contribution in [-0.4, -0.2) is 6.04 Å². The van der Waals surface area contributed by atoms with Gasteiger partial charge in [-0.05, 0) is 31.4 Å². The number of hydrogen-bond acceptors (Lipinski definition) is 2. The van der Waals surface area contributed by atoms with Gasteiger partial charge < -0.3 is 9.73 Å². The molecule has 2 atom stereocenters. The molecule has 0 fully saturated rings. The van der Waals surface area contributed by atoms with Crippen molar-refractivity contribution in [3.8, 4) is 0 Å². The molecular formula is C12H21NO. The fourth-order valence-corrected chi connectivity index (χ4v) is 1.72. The molecule has 1 aromatic rings. The quantitative estimate of drug-likeness (QED) is 0.779. The molecule has 0 aliphatic heterocycles. The van der Waals surface area contributed by atoms with Gasteiger partial charge in [0.05, 0.1) is 12.3 Å². The second-order valence-electron chi connectivity index (χ2n) is 4.16. The Kier molecular flexibility index (Phi) is 4.21. The van der Waals surface area contributed by atoms with Gasteiger partial charge in [0.2, 0.25) is 0 Å². The van der Waals surface area contributed by atoms with Crippen molar-refractivity contribution in [2.75, 3.05) is 0 Å². The topological polar surface area (TPSA) is 25.2 Å². The summed E-state index contributed by atoms with van der Waals surface area (Å²) in [4.78, 5) is 0. The van der Waals surface area contributed by atoms with Crippen molar-refractivity contribution < 1.29 is 4.42 Å². The fourth-order valence-electron chi connectivity index (χ4n) is 1.72. The summed E-state index contributed by atoms with van der Waals surface area (Å²) in [5, 5.41) is 3.57. The lowest BCUT2D eigenvalue weighted by molar-refractivity contribution is 0.328. The molecule has 0 amide bonds. The Morgan fingerprint density at radius 2 is 2.07 bits per heavy atom. The van der Waals surface area contributed by atoms with Crippen molar-refractivity contribution >= 4 is 0 Å². The van der Waals surface area contributed by atoms with Gasteiger partial charge in [0.25, 0.3) is 0 Å². The normalized spacial score (nSPS) is 15.8. The van der Waals surface area contributed by atoms with Gasteiger partial charge in [-0.1, -0.05) is 20.8 Å². The summed E-state index contributed by atoms with van der Waals surface area (Å²) in [6.45, 7) is 8.85. The number of furan rings is 1. The maximum Gasteiger partial charge on any atom is 0.120 e. The molecule has 1 rings (SSSR count). The molecule has 1 heterocycles. The third-order valence-corrected chi connectivity index (χ3v) is 2.68. The average molecular weight is 195 g/mol. The van der Waals surface area contributed by atoms with E-state index in [2.05, 4.69) is 33.0 Å². The highest BCUT2D eigenvalue weighted by atomic mass is 16.3. The molecule has 80 valence electrons. The molecule has 2 heteroatoms. The summed E-state index contributed by atoms with van der Waals surface area (Å²) >= 11 is 0. The molecular weight excluding hydrogens is 174 g/mol. The number of rotatable bonds is 5. The van der Waals surface area contributed by atoms with E-state index in [0.717, 1.165) is 12.2 Å². The van der Waals surface area contributed by atoms with E-state index in [1.807, 2.05) is 12.1 Å². The standard InChI is InChI=1S/C12H21NO/c1-5-11(9(2)3)13-10(4)12-7-6-8-14-12/h6-11,13H,5H2,1-4H3/t10-,11?/m1/s1. The van der Waals surface area contributed by atoms with Crippen molar-refractivity contribution in [2.45, 2.75) is 46.2 Å². The molecule has 0 radical (unpaired) electrons. The van der Waals surface area contributed by atoms with Gasteiger partial charge in [-0.2, -0.15) is 0 Å². The number of hydrogen-bond donors (Lipinski definition) is 1. The van der Waals surface area contributed by atoms with E-state index in [4.69, 9.17) is 4.42 Å². The van der Waals surface area contributed by atoms with Gasteiger partial charge in [-0.25, -0.2) is 0 Å². The Bertz CT molecular complexity index is 241. The summed E-state index contributed by atoms with van der Waals surface area (Å²) in [5.74, 6) is 1.68. The average Bonchev–Trinajstić information content (AvgIpc) is 2.65. The van der Waals surface area contributed by atoms with Crippen LogP contribution < -0.4 is 5.32 Å². The van der Waals surface area contributed by atoms with Crippen LogP contribution in [0, 0.1) is 5.92 Å². The molecule has 0 saturated heterocycles. The Morgan fingerprint density at radius 1 is 1.36 bits per heavy atom. The van der Waals surface area contributed by atoms with Gasteiger partial charge >= 0.3 is 0 Å². The maximum atomic E-state index is 5.36. The van der Waals surface area contributed by atoms with E-state index in [-0.39, 0.29) is 0 Å². The molecule has 1 aromatic heterocycles. The lowest BCUT2D eigenvalue weighted by Gasteiger charge is -2.24. The molecule has 0 bridgehead atoms. The third-order valence-electron chi connectivity index (χ3n) is 2.68. The van der Waals surface area contributed by atoms with Crippen LogP contribution in [0.15, 0.2) is 22.8 Å². The van der Waals surface area contributed by atoms with Gasteiger partial charge in [-0.15, -0.1) is 0 Å². The zero-order valence-electron chi connectivity index (χ0n) is 9.58. The zero-order chi connectivity index (χ0) is 10.6. The highest BCUT2D eigenvalue weighted by Gasteiger charge is 2.15. The van der Waals surface area contributed by atoms with E-state index in [1.165, 1.54) is 0 Å². The first-order valence-electron chi connectivity index (χ1n) is 5.44. The highest BCUT2D eigenvalue weighted by Crippen LogP contribution is 2.16. The molecule has 0 aromatic carbocycles. The van der Waals surface area contributed by atoms with E-state index >= 15 is 0 Å². The zero-order valence-corrected chi connectivity index (χ0v) is 9.58. The minimum Gasteiger partial charge on any atom is -0.468 e. The summed E-state index contributed by atoms with van der Waals surface area (Å²) in [6.07, 6.45) is 2.88. The highest BCUT2D eigenvalue weighted by molar-refractivity contribution is 5.03. The Hall–Kier alpha value is -0.760. The van der Waals surface area contributed by atoms with Crippen LogP contribution in [0.25, 0.3) is 0 Å². The Morgan fingerprint density at radius 3 is 2.50 bits per heavy atom. The summed E-state index contributed by atoms with van der Waals surface area (Å²) in [5.41, 5.74) is 0. The fraction of sp³-hybridized carbons (Fsp3) is 0.667. The molecule has 0 spiro atoms. The molecule has 1 N–H and O–H groups in total. The minimum absolute atomic E-state index is 0.303. The first-order chi connectivity index (χ1) is 6.65. The van der Waals surface area contributed by atoms with Crippen LogP contribution in [0.3, 0.4) is 0 Å². The predicted molar refractivity (Wildman–Crippen MR) is 59.2 cm³/mol. The minimum atomic E-state index is 0.303. The smallest absolute Gasteiger partial charge is 0.120 e. The van der Waals surface area contributed by atoms with Crippen LogP contribution in [0.5, 0.6) is 0 Å². The monoisotopic (exact) mass is 195 g/mol. The lowest BCUT2D eigenvalue weighted by Crippen LogP contribution is -2.34. The first-order valence-corrected chi connectivity index (χ1v) is 5.44. The summed E-state index contributed by atoms with van der Waals surface area (Å²) in [7, 11) is 0. The van der Waals surface area contributed by atoms with Crippen molar-refractivity contribution in [1.82, 2.24) is 5.32 Å². The van der Waals surface area contributed by atoms with Crippen LogP contribution >= 0.6 is 0 Å². The second kappa shape index (κ2) is 5.20. The second-order valence-corrected chi connectivity index (χ2v) is 4.16. The van der Waals surface area contributed by atoms with Gasteiger partial charge in [-0.3, -0.25) is 0 Å². The number of nitrogens with one attached hydrogen (secondary N) is 1. The maximum absolute atomic E-state index is 5.36. The van der Waals surface area contributed by atoms with E-state index in [1.54, 1.807) is 6.26 Å². The molecule has 0 aliphatic carbocycles. The van der Waals surface area contributed by atoms with E-state index in [0.29, 0.717) is 18.0 Å². The van der Waals surface area contributed by atoms with Crippen molar-refractivity contribution in [1.29, 1.82) is 0 Å². The Labute approximate surface area is 86.7 Å². The molecule has 0 aliphatic rings. The SMILES string of the molecule is CCC(N[C@H](C)c1ccco1)C(C)C. The van der Waals surface area contributed by atoms with Crippen molar-refractivity contribution in [3.05, 3.63) is 24.2 Å². The van der Waals surface area contributed by atoms with Crippen LogP contribution in [0.1, 0.15) is 45.9 Å². The van der Waals surface area contributed by atoms with Crippen molar-refractivity contribution in [2.24, 2.45) is 5.92 Å². The van der Waals surface area contributed by atoms with Crippen LogP contribution in [-0.2, 0) is 0 Å².